The summed E-state index contributed by atoms with van der Waals surface area (Å²) in [5, 5.41) is 0. The summed E-state index contributed by atoms with van der Waals surface area (Å²) in [6, 6.07) is 0. The van der Waals surface area contributed by atoms with Crippen LogP contribution in [-0.2, 0) is 0 Å². The molecule has 1 aliphatic heterocycles. The number of nitrogens with zero attached hydrogens (tertiary/aromatic N) is 2. The van der Waals surface area contributed by atoms with Gasteiger partial charge >= 0.3 is 0 Å². The normalized spacial score (nSPS) is 15.0. The number of hydrogen-bond donors (Lipinski definition) is 0. The minimum atomic E-state index is 0.641. The van der Waals surface area contributed by atoms with E-state index in [2.05, 4.69) is 43.0 Å². The Hall–Kier alpha value is -0.660. The highest BCUT2D eigenvalue weighted by Gasteiger charge is 2.24. The van der Waals surface area contributed by atoms with Gasteiger partial charge in [0.1, 0.15) is 6.17 Å². The van der Waals surface area contributed by atoms with Crippen molar-refractivity contribution in [2.75, 3.05) is 13.1 Å². The van der Waals surface area contributed by atoms with Gasteiger partial charge in [-0.2, -0.15) is 0 Å². The van der Waals surface area contributed by atoms with E-state index in [-0.39, 0.29) is 0 Å². The van der Waals surface area contributed by atoms with Gasteiger partial charge in [0.25, 0.3) is 0 Å². The van der Waals surface area contributed by atoms with Crippen molar-refractivity contribution in [2.45, 2.75) is 226 Å². The quantitative estimate of drug-likeness (QED) is 0.0719. The van der Waals surface area contributed by atoms with Crippen LogP contribution in [0, 0.1) is 0 Å². The zero-order valence-corrected chi connectivity index (χ0v) is 29.0. The van der Waals surface area contributed by atoms with Crippen molar-refractivity contribution in [1.82, 2.24) is 9.80 Å². The summed E-state index contributed by atoms with van der Waals surface area (Å²) in [7, 11) is 0. The molecule has 0 radical (unpaired) electrons. The van der Waals surface area contributed by atoms with E-state index in [0.29, 0.717) is 6.17 Å². The van der Waals surface area contributed by atoms with E-state index in [0.717, 1.165) is 0 Å². The molecule has 0 spiro atoms. The standard InChI is InChI=1S/C39H78N2/c1-4-7-10-13-15-17-18-19-20-21-22-23-24-25-26-28-31-34-39-40(35-32-29-12-9-6-3)37-38-41(39)36-33-30-27-16-14-11-8-5-2/h37-39H,4-36H2,1-3H3. The van der Waals surface area contributed by atoms with E-state index in [1.54, 1.807) is 0 Å². The maximum absolute atomic E-state index is 2.70. The van der Waals surface area contributed by atoms with Crippen LogP contribution in [0.4, 0.5) is 0 Å². The lowest BCUT2D eigenvalue weighted by Gasteiger charge is -2.33. The Morgan fingerprint density at radius 2 is 0.561 bits per heavy atom. The predicted octanol–water partition coefficient (Wildman–Crippen LogP) is 13.6. The molecule has 0 aliphatic carbocycles. The third-order valence-electron chi connectivity index (χ3n) is 9.57. The van der Waals surface area contributed by atoms with Crippen LogP contribution in [0.1, 0.15) is 220 Å². The first kappa shape index (κ1) is 38.4. The van der Waals surface area contributed by atoms with Gasteiger partial charge in [-0.05, 0) is 25.7 Å². The average Bonchev–Trinajstić information content (AvgIpc) is 3.37. The first-order valence-corrected chi connectivity index (χ1v) is 19.5. The lowest BCUT2D eigenvalue weighted by molar-refractivity contribution is 0.135. The second-order valence-electron chi connectivity index (χ2n) is 13.6. The number of rotatable bonds is 33. The van der Waals surface area contributed by atoms with E-state index >= 15 is 0 Å². The SMILES string of the molecule is CCCCCCCCCCCCCCCCCCCC1N(CCCCCCC)C=CN1CCCCCCCCCC. The van der Waals surface area contributed by atoms with Crippen molar-refractivity contribution in [2.24, 2.45) is 0 Å². The summed E-state index contributed by atoms with van der Waals surface area (Å²) in [6.07, 6.45) is 50.0. The largest absolute Gasteiger partial charge is 0.356 e. The number of unbranched alkanes of at least 4 members (excludes halogenated alkanes) is 27. The zero-order chi connectivity index (χ0) is 29.5. The molecular formula is C39H78N2. The topological polar surface area (TPSA) is 6.48 Å². The summed E-state index contributed by atoms with van der Waals surface area (Å²) in [5.41, 5.74) is 0. The van der Waals surface area contributed by atoms with Gasteiger partial charge in [-0.15, -0.1) is 0 Å². The molecule has 1 aliphatic rings. The molecule has 41 heavy (non-hydrogen) atoms. The Balaban J connectivity index is 2.10. The van der Waals surface area contributed by atoms with Gasteiger partial charge in [-0.3, -0.25) is 0 Å². The van der Waals surface area contributed by atoms with Crippen molar-refractivity contribution in [3.63, 3.8) is 0 Å². The second kappa shape index (κ2) is 30.8. The van der Waals surface area contributed by atoms with Gasteiger partial charge in [0.2, 0.25) is 0 Å². The second-order valence-corrected chi connectivity index (χ2v) is 13.6. The zero-order valence-electron chi connectivity index (χ0n) is 29.0. The lowest BCUT2D eigenvalue weighted by Crippen LogP contribution is -2.39. The fourth-order valence-electron chi connectivity index (χ4n) is 6.72. The average molecular weight is 575 g/mol. The van der Waals surface area contributed by atoms with Gasteiger partial charge in [0.05, 0.1) is 0 Å². The summed E-state index contributed by atoms with van der Waals surface area (Å²) in [4.78, 5) is 5.40. The molecular weight excluding hydrogens is 496 g/mol. The van der Waals surface area contributed by atoms with E-state index in [4.69, 9.17) is 0 Å². The van der Waals surface area contributed by atoms with Gasteiger partial charge in [-0.1, -0.05) is 194 Å². The van der Waals surface area contributed by atoms with E-state index in [1.807, 2.05) is 0 Å². The Morgan fingerprint density at radius 1 is 0.317 bits per heavy atom. The minimum Gasteiger partial charge on any atom is -0.356 e. The first-order valence-electron chi connectivity index (χ1n) is 19.5. The van der Waals surface area contributed by atoms with Crippen LogP contribution in [0.15, 0.2) is 12.4 Å². The van der Waals surface area contributed by atoms with Crippen molar-refractivity contribution in [3.05, 3.63) is 12.4 Å². The molecule has 0 aromatic rings. The summed E-state index contributed by atoms with van der Waals surface area (Å²) in [6.45, 7) is 9.47. The molecule has 1 heterocycles. The highest BCUT2D eigenvalue weighted by Crippen LogP contribution is 2.24. The monoisotopic (exact) mass is 575 g/mol. The van der Waals surface area contributed by atoms with Crippen LogP contribution in [0.3, 0.4) is 0 Å². The molecule has 2 nitrogen and oxygen atoms in total. The van der Waals surface area contributed by atoms with E-state index < -0.39 is 0 Å². The van der Waals surface area contributed by atoms with Crippen LogP contribution < -0.4 is 0 Å². The van der Waals surface area contributed by atoms with Crippen molar-refractivity contribution >= 4 is 0 Å². The molecule has 0 saturated heterocycles. The Morgan fingerprint density at radius 3 is 0.854 bits per heavy atom. The van der Waals surface area contributed by atoms with Crippen LogP contribution in [0.2, 0.25) is 0 Å². The minimum absolute atomic E-state index is 0.641. The van der Waals surface area contributed by atoms with Gasteiger partial charge < -0.3 is 9.80 Å². The van der Waals surface area contributed by atoms with Crippen LogP contribution >= 0.6 is 0 Å². The Kier molecular flexibility index (Phi) is 28.8. The molecule has 2 heteroatoms. The van der Waals surface area contributed by atoms with E-state index in [1.165, 1.54) is 212 Å². The van der Waals surface area contributed by atoms with Crippen molar-refractivity contribution < 1.29 is 0 Å². The summed E-state index contributed by atoms with van der Waals surface area (Å²) in [5.74, 6) is 0. The van der Waals surface area contributed by atoms with Crippen molar-refractivity contribution in [1.29, 1.82) is 0 Å². The Labute approximate surface area is 260 Å². The molecule has 0 aromatic carbocycles. The first-order chi connectivity index (χ1) is 20.3. The fraction of sp³-hybridized carbons (Fsp3) is 0.949. The highest BCUT2D eigenvalue weighted by molar-refractivity contribution is 4.97. The smallest absolute Gasteiger partial charge is 0.101 e. The summed E-state index contributed by atoms with van der Waals surface area (Å²) >= 11 is 0. The third-order valence-corrected chi connectivity index (χ3v) is 9.57. The van der Waals surface area contributed by atoms with E-state index in [9.17, 15) is 0 Å². The molecule has 1 unspecified atom stereocenters. The number of hydrogen-bond acceptors (Lipinski definition) is 2. The molecule has 0 fully saturated rings. The van der Waals surface area contributed by atoms with Crippen molar-refractivity contribution in [3.8, 4) is 0 Å². The molecule has 1 atom stereocenters. The fourth-order valence-corrected chi connectivity index (χ4v) is 6.72. The summed E-state index contributed by atoms with van der Waals surface area (Å²) < 4.78 is 0. The predicted molar refractivity (Wildman–Crippen MR) is 186 cm³/mol. The van der Waals surface area contributed by atoms with Crippen LogP contribution in [-0.4, -0.2) is 29.1 Å². The molecule has 0 N–H and O–H groups in total. The van der Waals surface area contributed by atoms with Gasteiger partial charge in [0.15, 0.2) is 0 Å². The van der Waals surface area contributed by atoms with Gasteiger partial charge in [0, 0.05) is 25.5 Å². The molecule has 244 valence electrons. The molecule has 0 saturated carbocycles. The highest BCUT2D eigenvalue weighted by atomic mass is 15.4. The molecule has 0 aromatic heterocycles. The van der Waals surface area contributed by atoms with Gasteiger partial charge in [-0.25, -0.2) is 0 Å². The third kappa shape index (κ3) is 23.5. The molecule has 1 rings (SSSR count). The van der Waals surface area contributed by atoms with Crippen LogP contribution in [0.25, 0.3) is 0 Å². The maximum atomic E-state index is 2.70. The lowest BCUT2D eigenvalue weighted by atomic mass is 10.0. The Bertz CT molecular complexity index is 530. The maximum Gasteiger partial charge on any atom is 0.101 e. The van der Waals surface area contributed by atoms with Crippen LogP contribution in [0.5, 0.6) is 0 Å². The molecule has 0 bridgehead atoms. The molecule has 0 amide bonds.